The maximum Gasteiger partial charge on any atom is 0.137 e. The van der Waals surface area contributed by atoms with Crippen molar-refractivity contribution in [3.05, 3.63) is 35.7 Å². The summed E-state index contributed by atoms with van der Waals surface area (Å²) < 4.78 is 5.60. The number of nitrogens with one attached hydrogen (secondary N) is 1. The molecule has 0 unspecified atom stereocenters. The predicted molar refractivity (Wildman–Crippen MR) is 79.9 cm³/mol. The molecule has 6 heteroatoms. The van der Waals surface area contributed by atoms with Crippen LogP contribution < -0.4 is 10.1 Å². The molecule has 0 aliphatic rings. The zero-order chi connectivity index (χ0) is 15.2. The largest absolute Gasteiger partial charge is 0.490 e. The van der Waals surface area contributed by atoms with E-state index in [-0.39, 0.29) is 6.10 Å². The molecule has 0 atom stereocenters. The molecule has 0 aliphatic carbocycles. The summed E-state index contributed by atoms with van der Waals surface area (Å²) in [5.74, 6) is 0.606. The highest BCUT2D eigenvalue weighted by atomic mass is 16.5. The average Bonchev–Trinajstić information content (AvgIpc) is 2.93. The van der Waals surface area contributed by atoms with Crippen molar-refractivity contribution < 1.29 is 4.74 Å². The van der Waals surface area contributed by atoms with Crippen molar-refractivity contribution in [2.75, 3.05) is 5.32 Å². The number of hydrogen-bond acceptors (Lipinski definition) is 5. The molecule has 2 rings (SSSR count). The van der Waals surface area contributed by atoms with E-state index < -0.39 is 0 Å². The lowest BCUT2D eigenvalue weighted by Crippen LogP contribution is -2.07. The van der Waals surface area contributed by atoms with E-state index in [0.29, 0.717) is 17.9 Å². The summed E-state index contributed by atoms with van der Waals surface area (Å²) in [7, 11) is 0. The second-order valence-corrected chi connectivity index (χ2v) is 4.87. The quantitative estimate of drug-likeness (QED) is 0.882. The first-order valence-corrected chi connectivity index (χ1v) is 6.96. The number of rotatable bonds is 6. The van der Waals surface area contributed by atoms with Crippen molar-refractivity contribution in [2.24, 2.45) is 0 Å². The Morgan fingerprint density at radius 3 is 2.86 bits per heavy atom. The molecule has 21 heavy (non-hydrogen) atoms. The molecular formula is C15H19N5O. The Hall–Kier alpha value is -2.55. The molecule has 0 radical (unpaired) electrons. The molecule has 0 fully saturated rings. The van der Waals surface area contributed by atoms with Crippen LogP contribution in [0.2, 0.25) is 0 Å². The van der Waals surface area contributed by atoms with Crippen LogP contribution in [0.3, 0.4) is 0 Å². The SMILES string of the molecule is CCn1ncc(CNc2ccc(OC(C)C)c(C#N)c2)n1. The van der Waals surface area contributed by atoms with Gasteiger partial charge in [-0.05, 0) is 39.0 Å². The van der Waals surface area contributed by atoms with Crippen molar-refractivity contribution in [1.29, 1.82) is 5.26 Å². The highest BCUT2D eigenvalue weighted by Crippen LogP contribution is 2.23. The summed E-state index contributed by atoms with van der Waals surface area (Å²) >= 11 is 0. The summed E-state index contributed by atoms with van der Waals surface area (Å²) in [4.78, 5) is 1.64. The standard InChI is InChI=1S/C15H19N5O/c1-4-20-18-10-14(19-20)9-17-13-5-6-15(21-11(2)3)12(7-13)8-16/h5-7,10-11,17H,4,9H2,1-3H3. The van der Waals surface area contributed by atoms with Gasteiger partial charge in [0.25, 0.3) is 0 Å². The number of aryl methyl sites for hydroxylation is 1. The summed E-state index contributed by atoms with van der Waals surface area (Å²) in [6.07, 6.45) is 1.78. The molecule has 1 N–H and O–H groups in total. The highest BCUT2D eigenvalue weighted by Gasteiger charge is 2.07. The van der Waals surface area contributed by atoms with Crippen LogP contribution in [-0.4, -0.2) is 21.1 Å². The Morgan fingerprint density at radius 2 is 2.24 bits per heavy atom. The number of nitrogens with zero attached hydrogens (tertiary/aromatic N) is 4. The van der Waals surface area contributed by atoms with Gasteiger partial charge in [0, 0.05) is 5.69 Å². The van der Waals surface area contributed by atoms with E-state index in [0.717, 1.165) is 17.9 Å². The van der Waals surface area contributed by atoms with Gasteiger partial charge in [-0.3, -0.25) is 0 Å². The Labute approximate surface area is 124 Å². The van der Waals surface area contributed by atoms with E-state index >= 15 is 0 Å². The topological polar surface area (TPSA) is 75.8 Å². The highest BCUT2D eigenvalue weighted by molar-refractivity contribution is 5.55. The summed E-state index contributed by atoms with van der Waals surface area (Å²) in [6.45, 7) is 7.17. The molecule has 0 amide bonds. The van der Waals surface area contributed by atoms with Crippen LogP contribution in [-0.2, 0) is 13.1 Å². The van der Waals surface area contributed by atoms with Crippen molar-refractivity contribution in [1.82, 2.24) is 15.0 Å². The van der Waals surface area contributed by atoms with Gasteiger partial charge in [-0.2, -0.15) is 20.3 Å². The third-order valence-electron chi connectivity index (χ3n) is 2.80. The third kappa shape index (κ3) is 3.96. The minimum atomic E-state index is 0.0417. The van der Waals surface area contributed by atoms with Crippen LogP contribution in [0.15, 0.2) is 24.4 Å². The maximum atomic E-state index is 9.19. The molecule has 110 valence electrons. The first-order valence-electron chi connectivity index (χ1n) is 6.96. The fraction of sp³-hybridized carbons (Fsp3) is 0.400. The van der Waals surface area contributed by atoms with E-state index in [1.807, 2.05) is 32.9 Å². The van der Waals surface area contributed by atoms with Crippen molar-refractivity contribution in [2.45, 2.75) is 40.0 Å². The van der Waals surface area contributed by atoms with Gasteiger partial charge in [0.1, 0.15) is 17.5 Å². The van der Waals surface area contributed by atoms with Crippen LogP contribution in [0, 0.1) is 11.3 Å². The van der Waals surface area contributed by atoms with Gasteiger partial charge in [-0.1, -0.05) is 0 Å². The summed E-state index contributed by atoms with van der Waals surface area (Å²) in [5, 5.41) is 20.8. The normalized spacial score (nSPS) is 10.4. The van der Waals surface area contributed by atoms with E-state index in [1.54, 1.807) is 17.1 Å². The van der Waals surface area contributed by atoms with E-state index in [9.17, 15) is 5.26 Å². The van der Waals surface area contributed by atoms with Gasteiger partial charge in [-0.15, -0.1) is 0 Å². The average molecular weight is 285 g/mol. The summed E-state index contributed by atoms with van der Waals surface area (Å²) in [6, 6.07) is 7.64. The van der Waals surface area contributed by atoms with Crippen LogP contribution in [0.1, 0.15) is 32.0 Å². The zero-order valence-electron chi connectivity index (χ0n) is 12.5. The smallest absolute Gasteiger partial charge is 0.137 e. The van der Waals surface area contributed by atoms with Crippen molar-refractivity contribution >= 4 is 5.69 Å². The van der Waals surface area contributed by atoms with Crippen molar-refractivity contribution in [3.8, 4) is 11.8 Å². The van der Waals surface area contributed by atoms with Crippen molar-refractivity contribution in [3.63, 3.8) is 0 Å². The van der Waals surface area contributed by atoms with Gasteiger partial charge in [-0.25, -0.2) is 0 Å². The fourth-order valence-corrected chi connectivity index (χ4v) is 1.84. The fourth-order valence-electron chi connectivity index (χ4n) is 1.84. The second-order valence-electron chi connectivity index (χ2n) is 4.87. The lowest BCUT2D eigenvalue weighted by Gasteiger charge is -2.12. The number of aromatic nitrogens is 3. The van der Waals surface area contributed by atoms with Crippen LogP contribution in [0.5, 0.6) is 5.75 Å². The first kappa shape index (κ1) is 14.9. The summed E-state index contributed by atoms with van der Waals surface area (Å²) in [5.41, 5.74) is 2.23. The Balaban J connectivity index is 2.05. The number of nitriles is 1. The molecule has 2 aromatic rings. The lowest BCUT2D eigenvalue weighted by molar-refractivity contribution is 0.242. The molecule has 0 aliphatic heterocycles. The third-order valence-corrected chi connectivity index (χ3v) is 2.80. The molecular weight excluding hydrogens is 266 g/mol. The maximum absolute atomic E-state index is 9.19. The Bertz CT molecular complexity index is 642. The van der Waals surface area contributed by atoms with Gasteiger partial charge < -0.3 is 10.1 Å². The number of ether oxygens (including phenoxy) is 1. The molecule has 1 aromatic heterocycles. The molecule has 1 heterocycles. The molecule has 0 saturated heterocycles. The zero-order valence-corrected chi connectivity index (χ0v) is 12.5. The van der Waals surface area contributed by atoms with E-state index in [1.165, 1.54) is 0 Å². The first-order chi connectivity index (χ1) is 10.1. The van der Waals surface area contributed by atoms with Gasteiger partial charge >= 0.3 is 0 Å². The molecule has 0 bridgehead atoms. The molecule has 0 spiro atoms. The number of anilines is 1. The molecule has 1 aromatic carbocycles. The van der Waals surface area contributed by atoms with Gasteiger partial charge in [0.15, 0.2) is 0 Å². The van der Waals surface area contributed by atoms with Gasteiger partial charge in [0.2, 0.25) is 0 Å². The predicted octanol–water partition coefficient (Wildman–Crippen LogP) is 2.57. The minimum Gasteiger partial charge on any atom is -0.490 e. The number of hydrogen-bond donors (Lipinski definition) is 1. The lowest BCUT2D eigenvalue weighted by atomic mass is 10.2. The molecule has 0 saturated carbocycles. The monoisotopic (exact) mass is 285 g/mol. The van der Waals surface area contributed by atoms with Crippen LogP contribution >= 0.6 is 0 Å². The Morgan fingerprint density at radius 1 is 1.43 bits per heavy atom. The van der Waals surface area contributed by atoms with E-state index in [2.05, 4.69) is 21.6 Å². The number of benzene rings is 1. The van der Waals surface area contributed by atoms with Crippen LogP contribution in [0.25, 0.3) is 0 Å². The minimum absolute atomic E-state index is 0.0417. The van der Waals surface area contributed by atoms with Gasteiger partial charge in [0.05, 0.1) is 31.0 Å². The Kier molecular flexibility index (Phi) is 4.77. The van der Waals surface area contributed by atoms with Crippen LogP contribution in [0.4, 0.5) is 5.69 Å². The molecule has 6 nitrogen and oxygen atoms in total. The second kappa shape index (κ2) is 6.75. The van der Waals surface area contributed by atoms with E-state index in [4.69, 9.17) is 4.74 Å².